The summed E-state index contributed by atoms with van der Waals surface area (Å²) >= 11 is 0. The van der Waals surface area contributed by atoms with Gasteiger partial charge >= 0.3 is 0 Å². The number of nitrogens with zero attached hydrogens (tertiary/aromatic N) is 3. The van der Waals surface area contributed by atoms with Crippen molar-refractivity contribution in [1.29, 1.82) is 0 Å². The molecule has 34 heavy (non-hydrogen) atoms. The van der Waals surface area contributed by atoms with Crippen molar-refractivity contribution in [1.82, 2.24) is 14.7 Å². The van der Waals surface area contributed by atoms with E-state index in [2.05, 4.69) is 0 Å². The monoisotopic (exact) mass is 533 g/mol. The normalized spacial score (nSPS) is 11.0. The number of hydrogen-bond acceptors (Lipinski definition) is 12. The van der Waals surface area contributed by atoms with E-state index in [4.69, 9.17) is 30.6 Å². The van der Waals surface area contributed by atoms with Crippen LogP contribution in [0.2, 0.25) is 0 Å². The summed E-state index contributed by atoms with van der Waals surface area (Å²) < 4.78 is 0. The van der Waals surface area contributed by atoms with E-state index in [9.17, 15) is 14.4 Å². The van der Waals surface area contributed by atoms with Crippen LogP contribution in [0, 0.1) is 0 Å². The Morgan fingerprint density at radius 2 is 0.735 bits per heavy atom. The Labute approximate surface area is 211 Å². The largest absolute Gasteiger partial charge is 0.495 e. The van der Waals surface area contributed by atoms with Crippen molar-refractivity contribution in [3.05, 3.63) is 35.9 Å². The Balaban J connectivity index is -0.000000196. The molecule has 0 fully saturated rings. The van der Waals surface area contributed by atoms with Crippen LogP contribution in [-0.2, 0) is 31.5 Å². The second-order valence-corrected chi connectivity index (χ2v) is 6.78. The van der Waals surface area contributed by atoms with Crippen molar-refractivity contribution in [3.8, 4) is 0 Å². The Kier molecular flexibility index (Phi) is 26.8. The minimum Gasteiger partial charge on any atom is -0.495 e. The zero-order valence-corrected chi connectivity index (χ0v) is 21.7. The Hall–Kier alpha value is -2.57. The van der Waals surface area contributed by atoms with Crippen LogP contribution in [0.1, 0.15) is 20.8 Å². The molecule has 6 N–H and O–H groups in total. The molecule has 13 heteroatoms. The number of ketones is 3. The first-order chi connectivity index (χ1) is 15.2. The summed E-state index contributed by atoms with van der Waals surface area (Å²) in [5.74, 6) is -1.00. The van der Waals surface area contributed by atoms with Gasteiger partial charge in [0.25, 0.3) is 0 Å². The third-order valence-electron chi connectivity index (χ3n) is 3.48. The Bertz CT molecular complexity index is 592. The summed E-state index contributed by atoms with van der Waals surface area (Å²) in [7, 11) is 4.76. The summed E-state index contributed by atoms with van der Waals surface area (Å²) in [6.45, 7) is 4.85. The van der Waals surface area contributed by atoms with Crippen molar-refractivity contribution in [2.75, 3.05) is 60.6 Å². The maximum atomic E-state index is 10.4. The van der Waals surface area contributed by atoms with Gasteiger partial charge in [0.2, 0.25) is 0 Å². The van der Waals surface area contributed by atoms with Gasteiger partial charge in [-0.2, -0.15) is 0 Å². The zero-order chi connectivity index (χ0) is 26.6. The molecular formula is C21H39FeN3O9. The molecule has 0 amide bonds. The van der Waals surface area contributed by atoms with Gasteiger partial charge in [0.05, 0.1) is 19.8 Å². The average molecular weight is 533 g/mol. The minimum absolute atomic E-state index is 0. The van der Waals surface area contributed by atoms with Crippen molar-refractivity contribution in [2.24, 2.45) is 0 Å². The molecule has 0 aromatic rings. The summed E-state index contributed by atoms with van der Waals surface area (Å²) in [6, 6.07) is 0. The van der Waals surface area contributed by atoms with Crippen LogP contribution in [0.15, 0.2) is 35.9 Å². The Morgan fingerprint density at radius 1 is 0.559 bits per heavy atom. The van der Waals surface area contributed by atoms with Gasteiger partial charge < -0.3 is 45.3 Å². The second kappa shape index (κ2) is 23.6. The van der Waals surface area contributed by atoms with Crippen molar-refractivity contribution in [2.45, 2.75) is 20.8 Å². The number of carbonyl (C=O) groups excluding carboxylic acids is 3. The number of hydrogen-bond donors (Lipinski definition) is 6. The van der Waals surface area contributed by atoms with Gasteiger partial charge in [-0.1, -0.05) is 0 Å². The number of allylic oxidation sites excluding steroid dienone is 3. The molecule has 0 unspecified atom stereocenters. The van der Waals surface area contributed by atoms with Crippen molar-refractivity contribution < 1.29 is 62.1 Å². The predicted molar refractivity (Wildman–Crippen MR) is 123 cm³/mol. The number of aliphatic hydroxyl groups excluding tert-OH is 6. The molecule has 0 saturated carbocycles. The maximum Gasteiger partial charge on any atom is 0.190 e. The third kappa shape index (κ3) is 25.7. The quantitative estimate of drug-likeness (QED) is 0.110. The van der Waals surface area contributed by atoms with Gasteiger partial charge in [-0.3, -0.25) is 14.4 Å². The van der Waals surface area contributed by atoms with Crippen LogP contribution in [0.4, 0.5) is 0 Å². The average Bonchev–Trinajstić information content (AvgIpc) is 2.68. The number of likely N-dealkylation sites (N-methyl/N-ethyl adjacent to an activating group) is 3. The summed E-state index contributed by atoms with van der Waals surface area (Å²) in [6.07, 6.45) is 3.32. The molecule has 0 radical (unpaired) electrons. The maximum absolute atomic E-state index is 10.4. The van der Waals surface area contributed by atoms with Gasteiger partial charge in [0.15, 0.2) is 35.0 Å². The first-order valence-electron chi connectivity index (χ1n) is 9.93. The van der Waals surface area contributed by atoms with Gasteiger partial charge in [0, 0.05) is 76.1 Å². The molecule has 0 heterocycles. The summed E-state index contributed by atoms with van der Waals surface area (Å²) in [5.41, 5.74) is 0. The molecule has 0 aliphatic heterocycles. The molecule has 0 aromatic carbocycles. The molecule has 0 aliphatic carbocycles. The predicted octanol–water partition coefficient (Wildman–Crippen LogP) is -0.306. The number of carbonyl (C=O) groups is 3. The van der Waals surface area contributed by atoms with E-state index in [1.165, 1.54) is 35.5 Å². The molecule has 0 rings (SSSR count). The number of aliphatic hydroxyl groups is 6. The molecule has 200 valence electrons. The standard InChI is InChI=1S/3C7H13NO3.Fe/c3*1-6(10)5-7(11)8(2)3-4-9;/h3*5,9,11H,3-4H2,1-2H3;. The van der Waals surface area contributed by atoms with E-state index < -0.39 is 0 Å². The van der Waals surface area contributed by atoms with Gasteiger partial charge in [-0.15, -0.1) is 0 Å². The van der Waals surface area contributed by atoms with Gasteiger partial charge in [-0.05, 0) is 20.8 Å². The van der Waals surface area contributed by atoms with Crippen LogP contribution >= 0.6 is 0 Å². The molecule has 0 saturated heterocycles. The fourth-order valence-corrected chi connectivity index (χ4v) is 1.67. The van der Waals surface area contributed by atoms with Gasteiger partial charge in [0.1, 0.15) is 0 Å². The molecule has 0 bridgehead atoms. The van der Waals surface area contributed by atoms with Crippen molar-refractivity contribution >= 4 is 17.3 Å². The van der Waals surface area contributed by atoms with E-state index in [-0.39, 0.29) is 71.9 Å². The molecule has 12 nitrogen and oxygen atoms in total. The summed E-state index contributed by atoms with van der Waals surface area (Å²) in [5, 5.41) is 52.6. The molecule has 0 atom stereocenters. The first-order valence-corrected chi connectivity index (χ1v) is 9.93. The van der Waals surface area contributed by atoms with E-state index in [0.717, 1.165) is 18.2 Å². The fraction of sp³-hybridized carbons (Fsp3) is 0.571. The van der Waals surface area contributed by atoms with E-state index in [1.54, 1.807) is 21.1 Å². The SMILES string of the molecule is CC(=O)C=C(O)N(C)CCO.CC(=O)C=C(O)N(C)CCO.CC(=O)C=C(O)N(C)CCO.[Fe]. The number of rotatable bonds is 12. The fourth-order valence-electron chi connectivity index (χ4n) is 1.67. The zero-order valence-electron chi connectivity index (χ0n) is 20.6. The van der Waals surface area contributed by atoms with Crippen molar-refractivity contribution in [3.63, 3.8) is 0 Å². The minimum atomic E-state index is -0.215. The van der Waals surface area contributed by atoms with Crippen LogP contribution in [-0.4, -0.2) is 123 Å². The van der Waals surface area contributed by atoms with E-state index in [1.807, 2.05) is 0 Å². The van der Waals surface area contributed by atoms with Gasteiger partial charge in [-0.25, -0.2) is 0 Å². The molecule has 0 aliphatic rings. The van der Waals surface area contributed by atoms with Crippen LogP contribution in [0.5, 0.6) is 0 Å². The third-order valence-corrected chi connectivity index (χ3v) is 3.48. The molecule has 0 aromatic heterocycles. The van der Waals surface area contributed by atoms with Crippen LogP contribution in [0.25, 0.3) is 0 Å². The molecule has 0 spiro atoms. The Morgan fingerprint density at radius 3 is 0.853 bits per heavy atom. The molecular weight excluding hydrogens is 494 g/mol. The smallest absolute Gasteiger partial charge is 0.190 e. The second-order valence-electron chi connectivity index (χ2n) is 6.78. The summed E-state index contributed by atoms with van der Waals surface area (Å²) in [4.78, 5) is 35.5. The van der Waals surface area contributed by atoms with Crippen LogP contribution in [0.3, 0.4) is 0 Å². The first kappa shape index (κ1) is 38.7. The van der Waals surface area contributed by atoms with Crippen LogP contribution < -0.4 is 0 Å². The van der Waals surface area contributed by atoms with E-state index in [0.29, 0.717) is 19.6 Å². The topological polar surface area (TPSA) is 182 Å². The van der Waals surface area contributed by atoms with E-state index >= 15 is 0 Å².